The van der Waals surface area contributed by atoms with Crippen LogP contribution in [0.4, 0.5) is 0 Å². The maximum Gasteiger partial charge on any atom is 0.247 e. The molecule has 0 radical (unpaired) electrons. The lowest BCUT2D eigenvalue weighted by atomic mass is 10.1. The van der Waals surface area contributed by atoms with E-state index in [0.29, 0.717) is 42.6 Å². The van der Waals surface area contributed by atoms with E-state index in [0.717, 1.165) is 23.1 Å². The highest BCUT2D eigenvalue weighted by Crippen LogP contribution is 2.44. The molecule has 0 aliphatic carbocycles. The number of benzene rings is 2. The molecule has 0 N–H and O–H groups in total. The van der Waals surface area contributed by atoms with Gasteiger partial charge in [-0.05, 0) is 11.6 Å². The van der Waals surface area contributed by atoms with Crippen LogP contribution in [0, 0.1) is 0 Å². The van der Waals surface area contributed by atoms with Gasteiger partial charge in [-0.25, -0.2) is 8.42 Å². The SMILES string of the molecule is CN(Cc1ccccc1)S(=O)(=O)c1c2c(cc3c1OCC3)OCC2. The highest BCUT2D eigenvalue weighted by atomic mass is 32.2. The molecular weight excluding hydrogens is 326 g/mol. The molecule has 0 aromatic heterocycles. The summed E-state index contributed by atoms with van der Waals surface area (Å²) in [7, 11) is -2.05. The molecule has 0 unspecified atom stereocenters. The lowest BCUT2D eigenvalue weighted by molar-refractivity contribution is 0.346. The molecule has 0 bridgehead atoms. The van der Waals surface area contributed by atoms with E-state index in [1.165, 1.54) is 4.31 Å². The molecule has 0 amide bonds. The van der Waals surface area contributed by atoms with E-state index >= 15 is 0 Å². The molecule has 2 aliphatic rings. The van der Waals surface area contributed by atoms with Crippen LogP contribution in [0.25, 0.3) is 0 Å². The van der Waals surface area contributed by atoms with Crippen LogP contribution < -0.4 is 9.47 Å². The lowest BCUT2D eigenvalue weighted by Crippen LogP contribution is -2.27. The number of sulfonamides is 1. The van der Waals surface area contributed by atoms with Crippen LogP contribution in [-0.4, -0.2) is 33.0 Å². The molecule has 0 atom stereocenters. The number of rotatable bonds is 4. The Labute approximate surface area is 141 Å². The molecule has 2 aromatic rings. The third-order valence-electron chi connectivity index (χ3n) is 4.52. The van der Waals surface area contributed by atoms with Crippen molar-refractivity contribution in [2.24, 2.45) is 0 Å². The van der Waals surface area contributed by atoms with Gasteiger partial charge < -0.3 is 9.47 Å². The Bertz CT molecular complexity index is 845. The summed E-state index contributed by atoms with van der Waals surface area (Å²) in [5, 5.41) is 0. The Morgan fingerprint density at radius 1 is 1.08 bits per heavy atom. The first kappa shape index (κ1) is 15.5. The lowest BCUT2D eigenvalue weighted by Gasteiger charge is -2.20. The van der Waals surface area contributed by atoms with Gasteiger partial charge >= 0.3 is 0 Å². The van der Waals surface area contributed by atoms with Gasteiger partial charge in [-0.1, -0.05) is 30.3 Å². The zero-order valence-electron chi connectivity index (χ0n) is 13.5. The van der Waals surface area contributed by atoms with Gasteiger partial charge in [-0.3, -0.25) is 0 Å². The van der Waals surface area contributed by atoms with Crippen molar-refractivity contribution in [2.75, 3.05) is 20.3 Å². The highest BCUT2D eigenvalue weighted by Gasteiger charge is 2.35. The molecule has 0 spiro atoms. The van der Waals surface area contributed by atoms with Crippen molar-refractivity contribution in [3.8, 4) is 11.5 Å². The fourth-order valence-electron chi connectivity index (χ4n) is 3.30. The molecule has 5 nitrogen and oxygen atoms in total. The van der Waals surface area contributed by atoms with E-state index in [9.17, 15) is 8.42 Å². The van der Waals surface area contributed by atoms with Gasteiger partial charge in [-0.15, -0.1) is 0 Å². The van der Waals surface area contributed by atoms with Gasteiger partial charge in [0.05, 0.1) is 13.2 Å². The van der Waals surface area contributed by atoms with E-state index < -0.39 is 10.0 Å². The maximum absolute atomic E-state index is 13.2. The highest BCUT2D eigenvalue weighted by molar-refractivity contribution is 7.89. The van der Waals surface area contributed by atoms with Gasteiger partial charge in [-0.2, -0.15) is 4.31 Å². The zero-order valence-corrected chi connectivity index (χ0v) is 14.3. The summed E-state index contributed by atoms with van der Waals surface area (Å²) in [6.45, 7) is 1.36. The number of fused-ring (bicyclic) bond motifs is 2. The minimum Gasteiger partial charge on any atom is -0.493 e. The third-order valence-corrected chi connectivity index (χ3v) is 6.42. The monoisotopic (exact) mass is 345 g/mol. The van der Waals surface area contributed by atoms with Gasteiger partial charge in [0.15, 0.2) is 0 Å². The minimum absolute atomic E-state index is 0.295. The summed E-state index contributed by atoms with van der Waals surface area (Å²) in [6, 6.07) is 11.5. The number of hydrogen-bond donors (Lipinski definition) is 0. The Kier molecular flexibility index (Phi) is 3.73. The Morgan fingerprint density at radius 2 is 1.83 bits per heavy atom. The van der Waals surface area contributed by atoms with Gasteiger partial charge in [0, 0.05) is 37.6 Å². The summed E-state index contributed by atoms with van der Waals surface area (Å²) in [5.41, 5.74) is 2.61. The molecule has 24 heavy (non-hydrogen) atoms. The molecule has 2 aromatic carbocycles. The van der Waals surface area contributed by atoms with Crippen molar-refractivity contribution in [1.82, 2.24) is 4.31 Å². The number of ether oxygens (including phenoxy) is 2. The zero-order chi connectivity index (χ0) is 16.7. The molecular formula is C18H19NO4S. The molecule has 0 saturated heterocycles. The van der Waals surface area contributed by atoms with Crippen LogP contribution in [0.5, 0.6) is 11.5 Å². The molecule has 4 rings (SSSR count). The van der Waals surface area contributed by atoms with Crippen molar-refractivity contribution in [3.05, 3.63) is 53.1 Å². The fraction of sp³-hybridized carbons (Fsp3) is 0.333. The average molecular weight is 345 g/mol. The van der Waals surface area contributed by atoms with Gasteiger partial charge in [0.1, 0.15) is 16.4 Å². The van der Waals surface area contributed by atoms with Crippen LogP contribution >= 0.6 is 0 Å². The Balaban J connectivity index is 1.78. The molecule has 2 aliphatic heterocycles. The summed E-state index contributed by atoms with van der Waals surface area (Å²) >= 11 is 0. The van der Waals surface area contributed by atoms with E-state index in [4.69, 9.17) is 9.47 Å². The van der Waals surface area contributed by atoms with E-state index in [1.54, 1.807) is 7.05 Å². The number of nitrogens with zero attached hydrogens (tertiary/aromatic N) is 1. The van der Waals surface area contributed by atoms with Gasteiger partial charge in [0.2, 0.25) is 10.0 Å². The predicted octanol–water partition coefficient (Wildman–Crippen LogP) is 2.38. The topological polar surface area (TPSA) is 55.8 Å². The summed E-state index contributed by atoms with van der Waals surface area (Å²) < 4.78 is 39.2. The summed E-state index contributed by atoms with van der Waals surface area (Å²) in [5.74, 6) is 1.20. The normalized spacial score (nSPS) is 15.8. The molecule has 2 heterocycles. The van der Waals surface area contributed by atoms with Crippen LogP contribution in [0.2, 0.25) is 0 Å². The smallest absolute Gasteiger partial charge is 0.247 e. The minimum atomic E-state index is -3.66. The van der Waals surface area contributed by atoms with Crippen molar-refractivity contribution < 1.29 is 17.9 Å². The quantitative estimate of drug-likeness (QED) is 0.854. The predicted molar refractivity (Wildman–Crippen MR) is 89.9 cm³/mol. The van der Waals surface area contributed by atoms with Crippen molar-refractivity contribution in [2.45, 2.75) is 24.3 Å². The maximum atomic E-state index is 13.2. The largest absolute Gasteiger partial charge is 0.493 e. The van der Waals surface area contributed by atoms with E-state index in [2.05, 4.69) is 0 Å². The second kappa shape index (κ2) is 5.79. The van der Waals surface area contributed by atoms with E-state index in [1.807, 2.05) is 36.4 Å². The van der Waals surface area contributed by atoms with Crippen LogP contribution in [0.15, 0.2) is 41.3 Å². The average Bonchev–Trinajstić information content (AvgIpc) is 3.21. The first-order valence-corrected chi connectivity index (χ1v) is 9.46. The third kappa shape index (κ3) is 2.46. The first-order valence-electron chi connectivity index (χ1n) is 8.02. The molecule has 0 fully saturated rings. The summed E-state index contributed by atoms with van der Waals surface area (Å²) in [6.07, 6.45) is 1.32. The fourth-order valence-corrected chi connectivity index (χ4v) is 4.86. The summed E-state index contributed by atoms with van der Waals surface area (Å²) in [4.78, 5) is 0.295. The number of hydrogen-bond acceptors (Lipinski definition) is 4. The standard InChI is InChI=1S/C18H19NO4S/c1-19(12-13-5-3-2-4-6-13)24(20,21)18-15-8-10-22-16(15)11-14-7-9-23-17(14)18/h2-6,11H,7-10,12H2,1H3. The molecule has 0 saturated carbocycles. The van der Waals surface area contributed by atoms with Crippen molar-refractivity contribution in [1.29, 1.82) is 0 Å². The Morgan fingerprint density at radius 3 is 2.62 bits per heavy atom. The van der Waals surface area contributed by atoms with Gasteiger partial charge in [0.25, 0.3) is 0 Å². The first-order chi connectivity index (χ1) is 11.6. The van der Waals surface area contributed by atoms with Crippen molar-refractivity contribution in [3.63, 3.8) is 0 Å². The second-order valence-electron chi connectivity index (χ2n) is 6.11. The van der Waals surface area contributed by atoms with E-state index in [-0.39, 0.29) is 0 Å². The Hall–Kier alpha value is -2.05. The van der Waals surface area contributed by atoms with Crippen LogP contribution in [0.1, 0.15) is 16.7 Å². The second-order valence-corrected chi connectivity index (χ2v) is 8.10. The molecule has 126 valence electrons. The van der Waals surface area contributed by atoms with Crippen LogP contribution in [-0.2, 0) is 29.4 Å². The van der Waals surface area contributed by atoms with Crippen molar-refractivity contribution >= 4 is 10.0 Å². The van der Waals surface area contributed by atoms with Crippen LogP contribution in [0.3, 0.4) is 0 Å². The molecule has 6 heteroatoms.